The smallest absolute Gasteiger partial charge is 0.122 e. The van der Waals surface area contributed by atoms with Gasteiger partial charge in [0.2, 0.25) is 0 Å². The summed E-state index contributed by atoms with van der Waals surface area (Å²) in [5.41, 5.74) is 2.39. The van der Waals surface area contributed by atoms with Crippen molar-refractivity contribution in [1.29, 1.82) is 0 Å². The van der Waals surface area contributed by atoms with Crippen LogP contribution in [0.3, 0.4) is 0 Å². The van der Waals surface area contributed by atoms with Gasteiger partial charge in [-0.25, -0.2) is 0 Å². The molecule has 1 unspecified atom stereocenters. The number of methoxy groups -OCH3 is 1. The first-order chi connectivity index (χ1) is 8.67. The molecule has 1 atom stereocenters. The normalized spacial score (nSPS) is 17.6. The fourth-order valence-corrected chi connectivity index (χ4v) is 2.45. The summed E-state index contributed by atoms with van der Waals surface area (Å²) in [6, 6.07) is 6.24. The van der Waals surface area contributed by atoms with E-state index in [4.69, 9.17) is 9.47 Å². The Labute approximate surface area is 109 Å². The number of hydrogen-bond donors (Lipinski definition) is 1. The maximum atomic E-state index is 9.58. The zero-order valence-electron chi connectivity index (χ0n) is 11.3. The maximum absolute atomic E-state index is 9.58. The summed E-state index contributed by atoms with van der Waals surface area (Å²) >= 11 is 0. The van der Waals surface area contributed by atoms with Crippen molar-refractivity contribution in [2.45, 2.75) is 25.7 Å². The van der Waals surface area contributed by atoms with Crippen molar-refractivity contribution in [2.24, 2.45) is 5.92 Å². The van der Waals surface area contributed by atoms with Gasteiger partial charge in [0.1, 0.15) is 5.75 Å². The van der Waals surface area contributed by atoms with Gasteiger partial charge in [-0.15, -0.1) is 0 Å². The summed E-state index contributed by atoms with van der Waals surface area (Å²) in [7, 11) is 1.70. The zero-order valence-corrected chi connectivity index (χ0v) is 11.3. The van der Waals surface area contributed by atoms with E-state index in [1.165, 1.54) is 11.1 Å². The molecule has 100 valence electrons. The summed E-state index contributed by atoms with van der Waals surface area (Å²) in [6.07, 6.45) is 0. The van der Waals surface area contributed by atoms with Crippen molar-refractivity contribution in [3.05, 3.63) is 29.3 Å². The summed E-state index contributed by atoms with van der Waals surface area (Å²) in [6.45, 7) is 6.00. The lowest BCUT2D eigenvalue weighted by Gasteiger charge is -2.33. The summed E-state index contributed by atoms with van der Waals surface area (Å²) in [5, 5.41) is 9.58. The molecule has 1 N–H and O–H groups in total. The summed E-state index contributed by atoms with van der Waals surface area (Å²) in [4.78, 5) is 0. The van der Waals surface area contributed by atoms with Crippen molar-refractivity contribution in [1.82, 2.24) is 0 Å². The van der Waals surface area contributed by atoms with Crippen LogP contribution in [0.2, 0.25) is 0 Å². The molecule has 1 aliphatic rings. The molecule has 1 aromatic carbocycles. The topological polar surface area (TPSA) is 38.7 Å². The van der Waals surface area contributed by atoms with Gasteiger partial charge >= 0.3 is 0 Å². The Morgan fingerprint density at radius 2 is 2.11 bits per heavy atom. The molecule has 1 aliphatic heterocycles. The first-order valence-electron chi connectivity index (χ1n) is 6.53. The Morgan fingerprint density at radius 3 is 2.56 bits per heavy atom. The van der Waals surface area contributed by atoms with Crippen molar-refractivity contribution in [2.75, 3.05) is 26.9 Å². The number of ether oxygens (including phenoxy) is 2. The van der Waals surface area contributed by atoms with Crippen molar-refractivity contribution in [3.63, 3.8) is 0 Å². The van der Waals surface area contributed by atoms with E-state index < -0.39 is 0 Å². The first-order valence-corrected chi connectivity index (χ1v) is 6.53. The van der Waals surface area contributed by atoms with Crippen LogP contribution in [0.1, 0.15) is 36.8 Å². The molecule has 1 saturated heterocycles. The van der Waals surface area contributed by atoms with E-state index in [2.05, 4.69) is 26.0 Å². The van der Waals surface area contributed by atoms with Crippen molar-refractivity contribution < 1.29 is 14.6 Å². The van der Waals surface area contributed by atoms with Crippen LogP contribution in [0.15, 0.2) is 18.2 Å². The van der Waals surface area contributed by atoms with Crippen LogP contribution in [0.5, 0.6) is 5.75 Å². The minimum Gasteiger partial charge on any atom is -0.496 e. The van der Waals surface area contributed by atoms with Gasteiger partial charge in [-0.2, -0.15) is 0 Å². The van der Waals surface area contributed by atoms with E-state index in [-0.39, 0.29) is 12.5 Å². The SMILES string of the molecule is COc1ccc(C(CO)C2COC2)cc1C(C)C. The Bertz CT molecular complexity index is 397. The molecule has 1 fully saturated rings. The van der Waals surface area contributed by atoms with Crippen LogP contribution in [0, 0.1) is 5.92 Å². The molecule has 3 heteroatoms. The molecule has 0 aromatic heterocycles. The second kappa shape index (κ2) is 5.72. The van der Waals surface area contributed by atoms with E-state index in [0.29, 0.717) is 11.8 Å². The molecule has 1 aromatic rings. The third kappa shape index (κ3) is 2.52. The van der Waals surface area contributed by atoms with E-state index in [1.807, 2.05) is 6.07 Å². The quantitative estimate of drug-likeness (QED) is 0.872. The molecule has 3 nitrogen and oxygen atoms in total. The molecule has 0 amide bonds. The third-order valence-electron chi connectivity index (χ3n) is 3.73. The number of rotatable bonds is 5. The third-order valence-corrected chi connectivity index (χ3v) is 3.73. The van der Waals surface area contributed by atoms with E-state index in [9.17, 15) is 5.11 Å². The van der Waals surface area contributed by atoms with Gasteiger partial charge in [-0.1, -0.05) is 26.0 Å². The Morgan fingerprint density at radius 1 is 1.39 bits per heavy atom. The Hall–Kier alpha value is -1.06. The number of hydrogen-bond acceptors (Lipinski definition) is 3. The highest BCUT2D eigenvalue weighted by Gasteiger charge is 2.29. The van der Waals surface area contributed by atoms with Gasteiger partial charge in [0, 0.05) is 11.8 Å². The van der Waals surface area contributed by atoms with Gasteiger partial charge in [0.15, 0.2) is 0 Å². The highest BCUT2D eigenvalue weighted by atomic mass is 16.5. The van der Waals surface area contributed by atoms with Crippen LogP contribution in [-0.4, -0.2) is 32.0 Å². The van der Waals surface area contributed by atoms with Gasteiger partial charge in [-0.05, 0) is 23.1 Å². The fourth-order valence-electron chi connectivity index (χ4n) is 2.45. The predicted octanol–water partition coefficient (Wildman–Crippen LogP) is 2.54. The molecule has 1 heterocycles. The minimum absolute atomic E-state index is 0.178. The summed E-state index contributed by atoms with van der Waals surface area (Å²) in [5.74, 6) is 1.97. The molecule has 0 radical (unpaired) electrons. The second-order valence-electron chi connectivity index (χ2n) is 5.24. The van der Waals surface area contributed by atoms with Crippen LogP contribution < -0.4 is 4.74 Å². The number of aliphatic hydroxyl groups is 1. The van der Waals surface area contributed by atoms with E-state index in [0.717, 1.165) is 19.0 Å². The second-order valence-corrected chi connectivity index (χ2v) is 5.24. The van der Waals surface area contributed by atoms with Crippen molar-refractivity contribution >= 4 is 0 Å². The molecule has 0 aliphatic carbocycles. The molecule has 0 bridgehead atoms. The largest absolute Gasteiger partial charge is 0.496 e. The predicted molar refractivity (Wildman–Crippen MR) is 71.2 cm³/mol. The first kappa shape index (κ1) is 13.4. The highest BCUT2D eigenvalue weighted by Crippen LogP contribution is 2.34. The molecule has 0 saturated carbocycles. The lowest BCUT2D eigenvalue weighted by atomic mass is 9.83. The van der Waals surface area contributed by atoms with Crippen LogP contribution in [0.25, 0.3) is 0 Å². The van der Waals surface area contributed by atoms with Crippen LogP contribution >= 0.6 is 0 Å². The molecular weight excluding hydrogens is 228 g/mol. The fraction of sp³-hybridized carbons (Fsp3) is 0.600. The molecule has 0 spiro atoms. The number of aliphatic hydroxyl groups excluding tert-OH is 1. The van der Waals surface area contributed by atoms with Gasteiger partial charge in [0.25, 0.3) is 0 Å². The Balaban J connectivity index is 2.29. The van der Waals surface area contributed by atoms with E-state index in [1.54, 1.807) is 7.11 Å². The molecule has 2 rings (SSSR count). The molecular formula is C15H22O3. The van der Waals surface area contributed by atoms with Gasteiger partial charge in [0.05, 0.1) is 26.9 Å². The van der Waals surface area contributed by atoms with Crippen molar-refractivity contribution in [3.8, 4) is 5.75 Å². The van der Waals surface area contributed by atoms with Gasteiger partial charge in [-0.3, -0.25) is 0 Å². The monoisotopic (exact) mass is 250 g/mol. The lowest BCUT2D eigenvalue weighted by molar-refractivity contribution is -0.0527. The summed E-state index contributed by atoms with van der Waals surface area (Å²) < 4.78 is 10.6. The highest BCUT2D eigenvalue weighted by molar-refractivity contribution is 5.40. The lowest BCUT2D eigenvalue weighted by Crippen LogP contribution is -2.34. The van der Waals surface area contributed by atoms with E-state index >= 15 is 0 Å². The van der Waals surface area contributed by atoms with Gasteiger partial charge < -0.3 is 14.6 Å². The van der Waals surface area contributed by atoms with Crippen LogP contribution in [-0.2, 0) is 4.74 Å². The number of benzene rings is 1. The average molecular weight is 250 g/mol. The minimum atomic E-state index is 0.178. The Kier molecular flexibility index (Phi) is 4.25. The van der Waals surface area contributed by atoms with Crippen LogP contribution in [0.4, 0.5) is 0 Å². The average Bonchev–Trinajstić information content (AvgIpc) is 2.32. The standard InChI is InChI=1S/C15H22O3/c1-10(2)13-6-11(4-5-15(13)17-3)14(7-16)12-8-18-9-12/h4-6,10,12,14,16H,7-9H2,1-3H3. The maximum Gasteiger partial charge on any atom is 0.122 e. The zero-order chi connectivity index (χ0) is 13.1. The molecule has 18 heavy (non-hydrogen) atoms.